The van der Waals surface area contributed by atoms with Gasteiger partial charge in [0.2, 0.25) is 0 Å². The Labute approximate surface area is 103 Å². The third-order valence-corrected chi connectivity index (χ3v) is 4.22. The summed E-state index contributed by atoms with van der Waals surface area (Å²) >= 11 is 0. The van der Waals surface area contributed by atoms with E-state index >= 15 is 0 Å². The van der Waals surface area contributed by atoms with Crippen LogP contribution >= 0.6 is 0 Å². The van der Waals surface area contributed by atoms with Crippen LogP contribution in [-0.4, -0.2) is 72.2 Å². The average molecular weight is 241 g/mol. The van der Waals surface area contributed by atoms with Gasteiger partial charge in [0.05, 0.1) is 0 Å². The first kappa shape index (κ1) is 12.8. The molecular formula is C12H23N3O2. The van der Waals surface area contributed by atoms with Crippen LogP contribution in [0.3, 0.4) is 0 Å². The molecule has 5 nitrogen and oxygen atoms in total. The molecule has 0 spiro atoms. The zero-order valence-electron chi connectivity index (χ0n) is 10.7. The zero-order chi connectivity index (χ0) is 12.4. The fourth-order valence-electron chi connectivity index (χ4n) is 2.95. The summed E-state index contributed by atoms with van der Waals surface area (Å²) in [6.07, 6.45) is 2.17. The molecule has 0 radical (unpaired) electrons. The number of likely N-dealkylation sites (tertiary alicyclic amines) is 1. The number of piperazine rings is 1. The summed E-state index contributed by atoms with van der Waals surface area (Å²) in [5.74, 6) is -0.691. The molecule has 0 aromatic heterocycles. The van der Waals surface area contributed by atoms with Gasteiger partial charge in [-0.1, -0.05) is 0 Å². The Morgan fingerprint density at radius 3 is 2.82 bits per heavy atom. The molecule has 2 N–H and O–H groups in total. The molecule has 17 heavy (non-hydrogen) atoms. The van der Waals surface area contributed by atoms with Crippen molar-refractivity contribution in [1.29, 1.82) is 0 Å². The molecule has 0 aromatic carbocycles. The van der Waals surface area contributed by atoms with E-state index in [0.29, 0.717) is 18.6 Å². The van der Waals surface area contributed by atoms with Crippen LogP contribution in [0.25, 0.3) is 0 Å². The summed E-state index contributed by atoms with van der Waals surface area (Å²) in [5, 5.41) is 12.4. The maximum absolute atomic E-state index is 11.3. The molecule has 0 aromatic rings. The van der Waals surface area contributed by atoms with Crippen molar-refractivity contribution in [2.24, 2.45) is 0 Å². The Hall–Kier alpha value is -0.650. The topological polar surface area (TPSA) is 55.8 Å². The largest absolute Gasteiger partial charge is 0.480 e. The van der Waals surface area contributed by atoms with Crippen molar-refractivity contribution < 1.29 is 9.90 Å². The van der Waals surface area contributed by atoms with Crippen molar-refractivity contribution in [3.8, 4) is 0 Å². The highest BCUT2D eigenvalue weighted by atomic mass is 16.4. The fourth-order valence-corrected chi connectivity index (χ4v) is 2.95. The second kappa shape index (κ2) is 5.33. The van der Waals surface area contributed by atoms with Crippen LogP contribution in [0, 0.1) is 0 Å². The number of hydrogen-bond acceptors (Lipinski definition) is 4. The molecule has 2 aliphatic rings. The van der Waals surface area contributed by atoms with E-state index in [1.807, 2.05) is 0 Å². The highest BCUT2D eigenvalue weighted by Gasteiger charge is 2.36. The van der Waals surface area contributed by atoms with Crippen molar-refractivity contribution >= 4 is 5.97 Å². The molecule has 2 saturated heterocycles. The number of nitrogens with zero attached hydrogens (tertiary/aromatic N) is 2. The van der Waals surface area contributed by atoms with Crippen molar-refractivity contribution in [2.75, 3.05) is 33.2 Å². The lowest BCUT2D eigenvalue weighted by molar-refractivity contribution is -0.145. The Morgan fingerprint density at radius 1 is 1.41 bits per heavy atom. The predicted molar refractivity (Wildman–Crippen MR) is 66.1 cm³/mol. The first-order valence-corrected chi connectivity index (χ1v) is 6.49. The first-order chi connectivity index (χ1) is 8.09. The normalized spacial score (nSPS) is 36.9. The third kappa shape index (κ3) is 2.78. The molecule has 0 bridgehead atoms. The minimum Gasteiger partial charge on any atom is -0.480 e. The Balaban J connectivity index is 2.01. The molecule has 5 heteroatoms. The molecular weight excluding hydrogens is 218 g/mol. The Morgan fingerprint density at radius 2 is 2.18 bits per heavy atom. The number of carboxylic acids is 1. The van der Waals surface area contributed by atoms with Gasteiger partial charge in [-0.2, -0.15) is 0 Å². The van der Waals surface area contributed by atoms with E-state index in [2.05, 4.69) is 29.1 Å². The summed E-state index contributed by atoms with van der Waals surface area (Å²) in [5.41, 5.74) is 0. The molecule has 2 heterocycles. The second-order valence-electron chi connectivity index (χ2n) is 5.30. The van der Waals surface area contributed by atoms with Crippen LogP contribution in [0.15, 0.2) is 0 Å². The molecule has 98 valence electrons. The minimum absolute atomic E-state index is 0.343. The van der Waals surface area contributed by atoms with Gasteiger partial charge in [-0.05, 0) is 33.4 Å². The van der Waals surface area contributed by atoms with Crippen LogP contribution in [0.2, 0.25) is 0 Å². The van der Waals surface area contributed by atoms with Crippen molar-refractivity contribution in [2.45, 2.75) is 37.9 Å². The molecule has 2 aliphatic heterocycles. The maximum Gasteiger partial charge on any atom is 0.322 e. The van der Waals surface area contributed by atoms with Crippen molar-refractivity contribution in [3.63, 3.8) is 0 Å². The highest BCUT2D eigenvalue weighted by molar-refractivity contribution is 5.74. The summed E-state index contributed by atoms with van der Waals surface area (Å²) in [6, 6.07) is 0.645. The SMILES string of the molecule is CC1CC(N2CCNCC2C(=O)O)CCN1C. The van der Waals surface area contributed by atoms with E-state index in [4.69, 9.17) is 0 Å². The van der Waals surface area contributed by atoms with Gasteiger partial charge < -0.3 is 15.3 Å². The van der Waals surface area contributed by atoms with E-state index in [9.17, 15) is 9.90 Å². The number of piperidine rings is 1. The minimum atomic E-state index is -0.691. The summed E-state index contributed by atoms with van der Waals surface area (Å²) in [6.45, 7) is 5.64. The molecule has 0 saturated carbocycles. The number of nitrogens with one attached hydrogen (secondary N) is 1. The Kier molecular flexibility index (Phi) is 4.01. The van der Waals surface area contributed by atoms with E-state index in [1.165, 1.54) is 0 Å². The summed E-state index contributed by atoms with van der Waals surface area (Å²) < 4.78 is 0. The monoisotopic (exact) mass is 241 g/mol. The Bertz CT molecular complexity index is 285. The molecule has 2 rings (SSSR count). The molecule has 0 aliphatic carbocycles. The van der Waals surface area contributed by atoms with Gasteiger partial charge in [-0.15, -0.1) is 0 Å². The molecule has 3 unspecified atom stereocenters. The lowest BCUT2D eigenvalue weighted by Crippen LogP contribution is -2.60. The third-order valence-electron chi connectivity index (χ3n) is 4.22. The maximum atomic E-state index is 11.3. The number of rotatable bonds is 2. The van der Waals surface area contributed by atoms with Gasteiger partial charge in [0, 0.05) is 31.7 Å². The lowest BCUT2D eigenvalue weighted by atomic mass is 9.95. The summed E-state index contributed by atoms with van der Waals surface area (Å²) in [4.78, 5) is 15.8. The predicted octanol–water partition coefficient (Wildman–Crippen LogP) is -0.172. The van der Waals surface area contributed by atoms with Gasteiger partial charge in [-0.3, -0.25) is 9.69 Å². The smallest absolute Gasteiger partial charge is 0.322 e. The fraction of sp³-hybridized carbons (Fsp3) is 0.917. The lowest BCUT2D eigenvalue weighted by Gasteiger charge is -2.44. The van der Waals surface area contributed by atoms with E-state index in [1.54, 1.807) is 0 Å². The quantitative estimate of drug-likeness (QED) is 0.703. The number of hydrogen-bond donors (Lipinski definition) is 2. The van der Waals surface area contributed by atoms with Crippen LogP contribution in [0.4, 0.5) is 0 Å². The standard InChI is InChI=1S/C12H23N3O2/c1-9-7-10(3-5-14(9)2)15-6-4-13-8-11(15)12(16)17/h9-11,13H,3-8H2,1-2H3,(H,16,17). The molecule has 2 fully saturated rings. The van der Waals surface area contributed by atoms with Crippen LogP contribution < -0.4 is 5.32 Å². The van der Waals surface area contributed by atoms with Gasteiger partial charge in [0.25, 0.3) is 0 Å². The number of aliphatic carboxylic acids is 1. The summed E-state index contributed by atoms with van der Waals surface area (Å²) in [7, 11) is 2.15. The van der Waals surface area contributed by atoms with E-state index in [-0.39, 0.29) is 6.04 Å². The molecule has 3 atom stereocenters. The van der Waals surface area contributed by atoms with Gasteiger partial charge in [-0.25, -0.2) is 0 Å². The van der Waals surface area contributed by atoms with Crippen LogP contribution in [0.5, 0.6) is 0 Å². The molecule has 0 amide bonds. The van der Waals surface area contributed by atoms with E-state index < -0.39 is 5.97 Å². The van der Waals surface area contributed by atoms with Gasteiger partial charge in [0.15, 0.2) is 0 Å². The van der Waals surface area contributed by atoms with Crippen LogP contribution in [0.1, 0.15) is 19.8 Å². The van der Waals surface area contributed by atoms with Gasteiger partial charge in [0.1, 0.15) is 6.04 Å². The van der Waals surface area contributed by atoms with Crippen LogP contribution in [-0.2, 0) is 4.79 Å². The number of carbonyl (C=O) groups is 1. The van der Waals surface area contributed by atoms with Crippen molar-refractivity contribution in [3.05, 3.63) is 0 Å². The first-order valence-electron chi connectivity index (χ1n) is 6.49. The zero-order valence-corrected chi connectivity index (χ0v) is 10.7. The van der Waals surface area contributed by atoms with E-state index in [0.717, 1.165) is 32.5 Å². The number of carboxylic acid groups (broad SMARTS) is 1. The van der Waals surface area contributed by atoms with Gasteiger partial charge >= 0.3 is 5.97 Å². The highest BCUT2D eigenvalue weighted by Crippen LogP contribution is 2.23. The average Bonchev–Trinajstić information content (AvgIpc) is 2.32. The van der Waals surface area contributed by atoms with Crippen molar-refractivity contribution in [1.82, 2.24) is 15.1 Å². The second-order valence-corrected chi connectivity index (χ2v) is 5.30.